The smallest absolute Gasteiger partial charge is 0.326 e. The summed E-state index contributed by atoms with van der Waals surface area (Å²) < 4.78 is 0. The summed E-state index contributed by atoms with van der Waals surface area (Å²) in [4.78, 5) is 22.3. The quantitative estimate of drug-likeness (QED) is 0.473. The predicted octanol–water partition coefficient (Wildman–Crippen LogP) is -0.394. The fraction of sp³-hybridized carbons (Fsp3) is 0.500. The van der Waals surface area contributed by atoms with E-state index in [2.05, 4.69) is 20.8 Å². The summed E-state index contributed by atoms with van der Waals surface area (Å²) in [5.74, 6) is -1.19. The van der Waals surface area contributed by atoms with Crippen LogP contribution in [0.2, 0.25) is 0 Å². The van der Waals surface area contributed by atoms with Crippen LogP contribution in [-0.4, -0.2) is 45.1 Å². The molecule has 2 unspecified atom stereocenters. The Morgan fingerprint density at radius 3 is 2.72 bits per heavy atom. The first-order valence-corrected chi connectivity index (χ1v) is 5.44. The van der Waals surface area contributed by atoms with Gasteiger partial charge >= 0.3 is 12.0 Å². The number of nitrogens with zero attached hydrogens (tertiary/aromatic N) is 1. The number of hydrogen-bond donors (Lipinski definition) is 5. The third kappa shape index (κ3) is 4.06. The molecule has 0 fully saturated rings. The Bertz CT molecular complexity index is 393. The van der Waals surface area contributed by atoms with Crippen LogP contribution in [-0.2, 0) is 4.79 Å². The summed E-state index contributed by atoms with van der Waals surface area (Å²) in [6.45, 7) is 1.43. The van der Waals surface area contributed by atoms with Gasteiger partial charge in [-0.05, 0) is 6.92 Å². The van der Waals surface area contributed by atoms with E-state index >= 15 is 0 Å². The van der Waals surface area contributed by atoms with Gasteiger partial charge in [0.05, 0.1) is 12.2 Å². The first-order valence-electron chi connectivity index (χ1n) is 5.44. The summed E-state index contributed by atoms with van der Waals surface area (Å²) in [5.41, 5.74) is 0.777. The fourth-order valence-electron chi connectivity index (χ4n) is 1.36. The molecule has 1 aromatic rings. The van der Waals surface area contributed by atoms with Crippen LogP contribution in [0.3, 0.4) is 0 Å². The highest BCUT2D eigenvalue weighted by Gasteiger charge is 2.20. The van der Waals surface area contributed by atoms with Gasteiger partial charge in [-0.15, -0.1) is 0 Å². The number of carbonyl (C=O) groups is 2. The lowest BCUT2D eigenvalue weighted by atomic mass is 10.2. The Morgan fingerprint density at radius 2 is 2.22 bits per heavy atom. The lowest BCUT2D eigenvalue weighted by Gasteiger charge is -2.17. The van der Waals surface area contributed by atoms with Gasteiger partial charge in [0.15, 0.2) is 0 Å². The number of aliphatic carboxylic acids is 1. The molecular weight excluding hydrogens is 240 g/mol. The molecule has 0 spiro atoms. The molecule has 0 aliphatic carbocycles. The number of aliphatic hydroxyl groups excluding tert-OH is 1. The summed E-state index contributed by atoms with van der Waals surface area (Å²) in [6.07, 6.45) is 3.16. The van der Waals surface area contributed by atoms with E-state index in [1.54, 1.807) is 19.3 Å². The Hall–Kier alpha value is -2.09. The molecule has 1 rings (SSSR count). The number of carboxylic acids is 1. The van der Waals surface area contributed by atoms with E-state index in [-0.39, 0.29) is 19.1 Å². The number of aromatic amines is 1. The maximum absolute atomic E-state index is 11.5. The molecule has 0 aliphatic heterocycles. The number of carboxylic acid groups (broad SMARTS) is 1. The van der Waals surface area contributed by atoms with Crippen LogP contribution in [0.5, 0.6) is 0 Å². The molecule has 2 atom stereocenters. The molecule has 18 heavy (non-hydrogen) atoms. The van der Waals surface area contributed by atoms with Gasteiger partial charge in [-0.25, -0.2) is 9.59 Å². The highest BCUT2D eigenvalue weighted by molar-refractivity contribution is 5.82. The standard InChI is InChI=1S/C10H16N4O4/c1-6(7-4-11-12-5-7)13-10(18)14-8(2-3-15)9(16)17/h4-6,8,15H,2-3H2,1H3,(H,11,12)(H,16,17)(H2,13,14,18). The van der Waals surface area contributed by atoms with Crippen molar-refractivity contribution in [3.8, 4) is 0 Å². The number of aromatic nitrogens is 2. The van der Waals surface area contributed by atoms with Crippen LogP contribution in [0.4, 0.5) is 4.79 Å². The molecule has 0 aliphatic rings. The van der Waals surface area contributed by atoms with Crippen LogP contribution < -0.4 is 10.6 Å². The molecule has 8 heteroatoms. The minimum Gasteiger partial charge on any atom is -0.480 e. The van der Waals surface area contributed by atoms with Gasteiger partial charge in [-0.3, -0.25) is 5.10 Å². The van der Waals surface area contributed by atoms with Gasteiger partial charge in [0.1, 0.15) is 6.04 Å². The molecule has 100 valence electrons. The van der Waals surface area contributed by atoms with E-state index in [1.165, 1.54) is 0 Å². The van der Waals surface area contributed by atoms with Crippen LogP contribution >= 0.6 is 0 Å². The van der Waals surface area contributed by atoms with Crippen LogP contribution in [0, 0.1) is 0 Å². The monoisotopic (exact) mass is 256 g/mol. The third-order valence-electron chi connectivity index (χ3n) is 2.39. The first kappa shape index (κ1) is 14.0. The first-order chi connectivity index (χ1) is 8.54. The number of hydrogen-bond acceptors (Lipinski definition) is 4. The van der Waals surface area contributed by atoms with Gasteiger partial charge < -0.3 is 20.8 Å². The number of amides is 2. The van der Waals surface area contributed by atoms with Gasteiger partial charge in [-0.1, -0.05) is 0 Å². The second kappa shape index (κ2) is 6.60. The molecule has 2 amide bonds. The van der Waals surface area contributed by atoms with Crippen LogP contribution in [0.15, 0.2) is 12.4 Å². The van der Waals surface area contributed by atoms with Crippen molar-refractivity contribution < 1.29 is 19.8 Å². The maximum Gasteiger partial charge on any atom is 0.326 e. The Balaban J connectivity index is 2.47. The molecular formula is C10H16N4O4. The summed E-state index contributed by atoms with van der Waals surface area (Å²) in [7, 11) is 0. The summed E-state index contributed by atoms with van der Waals surface area (Å²) >= 11 is 0. The van der Waals surface area contributed by atoms with E-state index in [4.69, 9.17) is 10.2 Å². The summed E-state index contributed by atoms with van der Waals surface area (Å²) in [5, 5.41) is 28.7. The molecule has 0 bridgehead atoms. The van der Waals surface area contributed by atoms with Crippen molar-refractivity contribution in [2.45, 2.75) is 25.4 Å². The van der Waals surface area contributed by atoms with E-state index in [1.807, 2.05) is 0 Å². The third-order valence-corrected chi connectivity index (χ3v) is 2.39. The molecule has 1 aromatic heterocycles. The average molecular weight is 256 g/mol. The van der Waals surface area contributed by atoms with E-state index < -0.39 is 18.0 Å². The molecule has 0 radical (unpaired) electrons. The Kier molecular flexibility index (Phi) is 5.12. The second-order valence-corrected chi connectivity index (χ2v) is 3.77. The summed E-state index contributed by atoms with van der Waals surface area (Å²) in [6, 6.07) is -2.01. The molecule has 0 saturated carbocycles. The van der Waals surface area contributed by atoms with Gasteiger partial charge in [0, 0.05) is 24.8 Å². The number of aliphatic hydroxyl groups is 1. The number of carbonyl (C=O) groups excluding carboxylic acids is 1. The van der Waals surface area contributed by atoms with Gasteiger partial charge in [-0.2, -0.15) is 5.10 Å². The van der Waals surface area contributed by atoms with E-state index in [0.29, 0.717) is 0 Å². The lowest BCUT2D eigenvalue weighted by molar-refractivity contribution is -0.139. The van der Waals surface area contributed by atoms with E-state index in [0.717, 1.165) is 5.56 Å². The number of urea groups is 1. The zero-order valence-electron chi connectivity index (χ0n) is 9.88. The van der Waals surface area contributed by atoms with Crippen molar-refractivity contribution in [2.24, 2.45) is 0 Å². The maximum atomic E-state index is 11.5. The van der Waals surface area contributed by atoms with Crippen molar-refractivity contribution >= 4 is 12.0 Å². The minimum atomic E-state index is -1.19. The SMILES string of the molecule is CC(NC(=O)NC(CCO)C(=O)O)c1cn[nH]c1. The fourth-order valence-corrected chi connectivity index (χ4v) is 1.36. The van der Waals surface area contributed by atoms with Gasteiger partial charge in [0.25, 0.3) is 0 Å². The number of rotatable bonds is 6. The highest BCUT2D eigenvalue weighted by Crippen LogP contribution is 2.08. The van der Waals surface area contributed by atoms with Crippen LogP contribution in [0.1, 0.15) is 24.9 Å². The topological polar surface area (TPSA) is 127 Å². The van der Waals surface area contributed by atoms with Crippen molar-refractivity contribution in [1.29, 1.82) is 0 Å². The predicted molar refractivity (Wildman–Crippen MR) is 61.8 cm³/mol. The second-order valence-electron chi connectivity index (χ2n) is 3.77. The van der Waals surface area contributed by atoms with Crippen LogP contribution in [0.25, 0.3) is 0 Å². The largest absolute Gasteiger partial charge is 0.480 e. The average Bonchev–Trinajstić information content (AvgIpc) is 2.81. The Labute approximate surface area is 103 Å². The molecule has 0 saturated heterocycles. The van der Waals surface area contributed by atoms with E-state index in [9.17, 15) is 9.59 Å². The molecule has 0 aromatic carbocycles. The molecule has 5 N–H and O–H groups in total. The Morgan fingerprint density at radius 1 is 1.50 bits per heavy atom. The van der Waals surface area contributed by atoms with Crippen molar-refractivity contribution in [3.05, 3.63) is 18.0 Å². The zero-order chi connectivity index (χ0) is 13.5. The van der Waals surface area contributed by atoms with Crippen molar-refractivity contribution in [3.63, 3.8) is 0 Å². The molecule has 8 nitrogen and oxygen atoms in total. The molecule has 1 heterocycles. The zero-order valence-corrected chi connectivity index (χ0v) is 9.88. The lowest BCUT2D eigenvalue weighted by Crippen LogP contribution is -2.46. The number of H-pyrrole nitrogens is 1. The highest BCUT2D eigenvalue weighted by atomic mass is 16.4. The normalized spacial score (nSPS) is 13.7. The minimum absolute atomic E-state index is 0.0388. The van der Waals surface area contributed by atoms with Crippen molar-refractivity contribution in [2.75, 3.05) is 6.61 Å². The number of nitrogens with one attached hydrogen (secondary N) is 3. The van der Waals surface area contributed by atoms with Gasteiger partial charge in [0.2, 0.25) is 0 Å². The van der Waals surface area contributed by atoms with Crippen molar-refractivity contribution in [1.82, 2.24) is 20.8 Å².